The summed E-state index contributed by atoms with van der Waals surface area (Å²) in [4.78, 5) is 0. The monoisotopic (exact) mass is 189 g/mol. The molecule has 0 radical (unpaired) electrons. The van der Waals surface area contributed by atoms with Crippen LogP contribution in [0, 0.1) is 0 Å². The molecule has 1 atom stereocenters. The molecule has 2 rings (SSSR count). The van der Waals surface area contributed by atoms with Gasteiger partial charge in [0.15, 0.2) is 0 Å². The van der Waals surface area contributed by atoms with E-state index in [0.29, 0.717) is 12.5 Å². The third-order valence-corrected chi connectivity index (χ3v) is 2.68. The molecule has 0 amide bonds. The van der Waals surface area contributed by atoms with Gasteiger partial charge in [0.2, 0.25) is 0 Å². The van der Waals surface area contributed by atoms with Crippen LogP contribution in [0.3, 0.4) is 0 Å². The van der Waals surface area contributed by atoms with Gasteiger partial charge in [-0.2, -0.15) is 0 Å². The fraction of sp³-hybridized carbons (Fsp3) is 0.333. The van der Waals surface area contributed by atoms with E-state index in [9.17, 15) is 0 Å². The molecule has 0 aliphatic heterocycles. The average Bonchev–Trinajstić information content (AvgIpc) is 2.62. The van der Waals surface area contributed by atoms with Gasteiger partial charge < -0.3 is 10.5 Å². The molecule has 0 heterocycles. The largest absolute Gasteiger partial charge is 0.496 e. The van der Waals surface area contributed by atoms with Gasteiger partial charge in [-0.1, -0.05) is 24.3 Å². The molecule has 0 bridgehead atoms. The van der Waals surface area contributed by atoms with Crippen LogP contribution in [-0.2, 0) is 0 Å². The first-order valence-electron chi connectivity index (χ1n) is 4.92. The van der Waals surface area contributed by atoms with Gasteiger partial charge >= 0.3 is 0 Å². The second-order valence-electron chi connectivity index (χ2n) is 3.51. The van der Waals surface area contributed by atoms with Crippen LogP contribution in [0.15, 0.2) is 24.3 Å². The van der Waals surface area contributed by atoms with E-state index in [2.05, 4.69) is 18.2 Å². The standard InChI is InChI=1S/C12H15NO/c1-14-11-4-2-3-9-5-6-10(7-8-13)12(9)11/h2-6,10H,7-8,13H2,1H3. The molecule has 1 aliphatic carbocycles. The zero-order valence-electron chi connectivity index (χ0n) is 8.36. The normalized spacial score (nSPS) is 18.3. The predicted octanol–water partition coefficient (Wildman–Crippen LogP) is 2.15. The van der Waals surface area contributed by atoms with Crippen molar-refractivity contribution in [2.45, 2.75) is 12.3 Å². The highest BCUT2D eigenvalue weighted by atomic mass is 16.5. The smallest absolute Gasteiger partial charge is 0.123 e. The molecule has 74 valence electrons. The van der Waals surface area contributed by atoms with Crippen molar-refractivity contribution < 1.29 is 4.74 Å². The number of allylic oxidation sites excluding steroid dienone is 1. The van der Waals surface area contributed by atoms with E-state index < -0.39 is 0 Å². The van der Waals surface area contributed by atoms with E-state index in [1.165, 1.54) is 11.1 Å². The molecule has 1 unspecified atom stereocenters. The highest BCUT2D eigenvalue weighted by Crippen LogP contribution is 2.38. The predicted molar refractivity (Wildman–Crippen MR) is 58.4 cm³/mol. The van der Waals surface area contributed by atoms with Crippen LogP contribution in [-0.4, -0.2) is 13.7 Å². The van der Waals surface area contributed by atoms with Crippen LogP contribution in [0.4, 0.5) is 0 Å². The summed E-state index contributed by atoms with van der Waals surface area (Å²) < 4.78 is 5.35. The van der Waals surface area contributed by atoms with Crippen LogP contribution >= 0.6 is 0 Å². The topological polar surface area (TPSA) is 35.2 Å². The lowest BCUT2D eigenvalue weighted by Crippen LogP contribution is -2.05. The molecule has 2 heteroatoms. The van der Waals surface area contributed by atoms with Gasteiger partial charge in [0, 0.05) is 11.5 Å². The minimum atomic E-state index is 0.436. The quantitative estimate of drug-likeness (QED) is 0.790. The molecule has 1 aromatic carbocycles. The maximum Gasteiger partial charge on any atom is 0.123 e. The number of ether oxygens (including phenoxy) is 1. The molecule has 1 aromatic rings. The maximum absolute atomic E-state index is 5.58. The number of benzene rings is 1. The van der Waals surface area contributed by atoms with Gasteiger partial charge in [-0.15, -0.1) is 0 Å². The first-order chi connectivity index (χ1) is 6.86. The summed E-state index contributed by atoms with van der Waals surface area (Å²) in [5, 5.41) is 0. The summed E-state index contributed by atoms with van der Waals surface area (Å²) in [6.45, 7) is 0.715. The van der Waals surface area contributed by atoms with E-state index in [-0.39, 0.29) is 0 Å². The number of methoxy groups -OCH3 is 1. The lowest BCUT2D eigenvalue weighted by atomic mass is 9.97. The Hall–Kier alpha value is -1.28. The van der Waals surface area contributed by atoms with E-state index in [0.717, 1.165) is 12.2 Å². The van der Waals surface area contributed by atoms with Gasteiger partial charge in [0.25, 0.3) is 0 Å². The zero-order chi connectivity index (χ0) is 9.97. The summed E-state index contributed by atoms with van der Waals surface area (Å²) in [6.07, 6.45) is 5.35. The molecular formula is C12H15NO. The van der Waals surface area contributed by atoms with Crippen molar-refractivity contribution in [3.63, 3.8) is 0 Å². The summed E-state index contributed by atoms with van der Waals surface area (Å²) in [7, 11) is 1.72. The number of rotatable bonds is 3. The Labute approximate surface area is 84.4 Å². The fourth-order valence-electron chi connectivity index (χ4n) is 2.02. The SMILES string of the molecule is COc1cccc2c1C(CCN)C=C2. The third-order valence-electron chi connectivity index (χ3n) is 2.68. The molecule has 0 fully saturated rings. The number of hydrogen-bond donors (Lipinski definition) is 1. The highest BCUT2D eigenvalue weighted by Gasteiger charge is 2.20. The van der Waals surface area contributed by atoms with E-state index in [1.54, 1.807) is 7.11 Å². The second-order valence-corrected chi connectivity index (χ2v) is 3.51. The number of fused-ring (bicyclic) bond motifs is 1. The molecule has 2 nitrogen and oxygen atoms in total. The second kappa shape index (κ2) is 3.84. The molecule has 14 heavy (non-hydrogen) atoms. The highest BCUT2D eigenvalue weighted by molar-refractivity contribution is 5.66. The van der Waals surface area contributed by atoms with Crippen molar-refractivity contribution in [3.8, 4) is 5.75 Å². The van der Waals surface area contributed by atoms with Crippen LogP contribution in [0.2, 0.25) is 0 Å². The van der Waals surface area contributed by atoms with Crippen molar-refractivity contribution in [1.29, 1.82) is 0 Å². The number of hydrogen-bond acceptors (Lipinski definition) is 2. The summed E-state index contributed by atoms with van der Waals surface area (Å²) in [5.41, 5.74) is 8.14. The minimum absolute atomic E-state index is 0.436. The van der Waals surface area contributed by atoms with Crippen LogP contribution in [0.1, 0.15) is 23.5 Å². The van der Waals surface area contributed by atoms with Crippen molar-refractivity contribution in [2.24, 2.45) is 5.73 Å². The molecule has 0 spiro atoms. The van der Waals surface area contributed by atoms with E-state index in [1.807, 2.05) is 12.1 Å². The fourth-order valence-corrected chi connectivity index (χ4v) is 2.02. The Morgan fingerprint density at radius 2 is 2.29 bits per heavy atom. The van der Waals surface area contributed by atoms with Gasteiger partial charge in [-0.3, -0.25) is 0 Å². The van der Waals surface area contributed by atoms with E-state index in [4.69, 9.17) is 10.5 Å². The molecule has 0 saturated carbocycles. The summed E-state index contributed by atoms with van der Waals surface area (Å²) in [5.74, 6) is 1.41. The Balaban J connectivity index is 2.39. The Morgan fingerprint density at radius 3 is 3.00 bits per heavy atom. The number of nitrogens with two attached hydrogens (primary N) is 1. The molecule has 2 N–H and O–H groups in total. The van der Waals surface area contributed by atoms with Gasteiger partial charge in [-0.05, 0) is 24.6 Å². The lowest BCUT2D eigenvalue weighted by Gasteiger charge is -2.13. The van der Waals surface area contributed by atoms with Gasteiger partial charge in [-0.25, -0.2) is 0 Å². The Bertz CT molecular complexity index is 357. The first kappa shape index (κ1) is 9.28. The maximum atomic E-state index is 5.58. The van der Waals surface area contributed by atoms with Gasteiger partial charge in [0.05, 0.1) is 7.11 Å². The average molecular weight is 189 g/mol. The first-order valence-corrected chi connectivity index (χ1v) is 4.92. The molecule has 0 saturated heterocycles. The Kier molecular flexibility index (Phi) is 2.55. The van der Waals surface area contributed by atoms with Crippen LogP contribution in [0.5, 0.6) is 5.75 Å². The minimum Gasteiger partial charge on any atom is -0.496 e. The Morgan fingerprint density at radius 1 is 1.43 bits per heavy atom. The van der Waals surface area contributed by atoms with Crippen molar-refractivity contribution in [3.05, 3.63) is 35.4 Å². The van der Waals surface area contributed by atoms with Crippen molar-refractivity contribution in [1.82, 2.24) is 0 Å². The summed E-state index contributed by atoms with van der Waals surface area (Å²) >= 11 is 0. The van der Waals surface area contributed by atoms with Gasteiger partial charge in [0.1, 0.15) is 5.75 Å². The lowest BCUT2D eigenvalue weighted by molar-refractivity contribution is 0.407. The molecular weight excluding hydrogens is 174 g/mol. The molecule has 1 aliphatic rings. The molecule has 0 aromatic heterocycles. The summed E-state index contributed by atoms with van der Waals surface area (Å²) in [6, 6.07) is 6.15. The van der Waals surface area contributed by atoms with Crippen LogP contribution < -0.4 is 10.5 Å². The van der Waals surface area contributed by atoms with E-state index >= 15 is 0 Å². The third kappa shape index (κ3) is 1.42. The zero-order valence-corrected chi connectivity index (χ0v) is 8.36. The van der Waals surface area contributed by atoms with Crippen LogP contribution in [0.25, 0.3) is 6.08 Å². The van der Waals surface area contributed by atoms with Crippen molar-refractivity contribution >= 4 is 6.08 Å². The van der Waals surface area contributed by atoms with Crippen molar-refractivity contribution in [2.75, 3.05) is 13.7 Å².